The number of anilines is 1. The second-order valence-corrected chi connectivity index (χ2v) is 9.51. The Bertz CT molecular complexity index is 883. The van der Waals surface area contributed by atoms with Gasteiger partial charge in [0.15, 0.2) is 5.13 Å². The number of nitrogens with one attached hydrogen (secondary N) is 1. The van der Waals surface area contributed by atoms with Crippen molar-refractivity contribution in [1.29, 1.82) is 0 Å². The number of amides is 1. The van der Waals surface area contributed by atoms with E-state index in [-0.39, 0.29) is 23.0 Å². The van der Waals surface area contributed by atoms with Crippen LogP contribution in [0, 0.1) is 6.92 Å². The molecule has 7 nitrogen and oxygen atoms in total. The molecule has 0 bridgehead atoms. The summed E-state index contributed by atoms with van der Waals surface area (Å²) in [6.07, 6.45) is 1.38. The summed E-state index contributed by atoms with van der Waals surface area (Å²) in [5.41, 5.74) is 0.375. The Morgan fingerprint density at radius 3 is 2.38 bits per heavy atom. The number of thiazole rings is 1. The first-order valence-corrected chi connectivity index (χ1v) is 10.5. The SMILES string of the molecule is Cc1cnc(NC(=O)c2ccc(S(=O)(=O)N3C[C@@H](C)O[C@H](C)C3)cc2)s1. The number of hydrogen-bond donors (Lipinski definition) is 1. The van der Waals surface area contributed by atoms with Crippen LogP contribution in [0.25, 0.3) is 0 Å². The largest absolute Gasteiger partial charge is 0.373 e. The highest BCUT2D eigenvalue weighted by atomic mass is 32.2. The van der Waals surface area contributed by atoms with Crippen molar-refractivity contribution in [3.8, 4) is 0 Å². The van der Waals surface area contributed by atoms with Gasteiger partial charge in [-0.15, -0.1) is 11.3 Å². The van der Waals surface area contributed by atoms with E-state index in [4.69, 9.17) is 4.74 Å². The van der Waals surface area contributed by atoms with Gasteiger partial charge in [0.05, 0.1) is 17.1 Å². The zero-order chi connectivity index (χ0) is 18.9. The number of nitrogens with zero attached hydrogens (tertiary/aromatic N) is 2. The minimum atomic E-state index is -3.61. The third-order valence-corrected chi connectivity index (χ3v) is 6.66. The van der Waals surface area contributed by atoms with E-state index in [1.807, 2.05) is 20.8 Å². The molecule has 1 aromatic heterocycles. The summed E-state index contributed by atoms with van der Waals surface area (Å²) < 4.78 is 32.7. The fourth-order valence-corrected chi connectivity index (χ4v) is 5.09. The molecule has 1 aliphatic heterocycles. The third kappa shape index (κ3) is 4.12. The van der Waals surface area contributed by atoms with Crippen molar-refractivity contribution in [2.75, 3.05) is 18.4 Å². The van der Waals surface area contributed by atoms with E-state index in [9.17, 15) is 13.2 Å². The molecule has 1 aromatic carbocycles. The van der Waals surface area contributed by atoms with Crippen molar-refractivity contribution in [3.05, 3.63) is 40.9 Å². The number of morpholine rings is 1. The van der Waals surface area contributed by atoms with Crippen LogP contribution in [-0.4, -0.2) is 48.9 Å². The normalized spacial score (nSPS) is 21.5. The Kier molecular flexibility index (Phi) is 5.42. The van der Waals surface area contributed by atoms with Crippen molar-refractivity contribution in [1.82, 2.24) is 9.29 Å². The van der Waals surface area contributed by atoms with Crippen molar-refractivity contribution in [2.45, 2.75) is 37.9 Å². The third-order valence-electron chi connectivity index (χ3n) is 3.98. The molecule has 140 valence electrons. The summed E-state index contributed by atoms with van der Waals surface area (Å²) >= 11 is 1.38. The molecule has 2 heterocycles. The van der Waals surface area contributed by atoms with Crippen molar-refractivity contribution in [2.24, 2.45) is 0 Å². The molecule has 0 unspecified atom stereocenters. The molecule has 26 heavy (non-hydrogen) atoms. The molecular formula is C17H21N3O4S2. The molecule has 1 N–H and O–H groups in total. The van der Waals surface area contributed by atoms with Gasteiger partial charge >= 0.3 is 0 Å². The Morgan fingerprint density at radius 2 is 1.85 bits per heavy atom. The first-order valence-electron chi connectivity index (χ1n) is 8.25. The number of hydrogen-bond acceptors (Lipinski definition) is 6. The first kappa shape index (κ1) is 19.0. The molecule has 0 saturated carbocycles. The molecule has 1 fully saturated rings. The van der Waals surface area contributed by atoms with Crippen LogP contribution >= 0.6 is 11.3 Å². The number of aromatic nitrogens is 1. The lowest BCUT2D eigenvalue weighted by molar-refractivity contribution is -0.0440. The molecule has 0 radical (unpaired) electrons. The van der Waals surface area contributed by atoms with Gasteiger partial charge in [-0.05, 0) is 45.0 Å². The van der Waals surface area contributed by atoms with Gasteiger partial charge in [0, 0.05) is 29.7 Å². The maximum absolute atomic E-state index is 12.8. The van der Waals surface area contributed by atoms with Crippen LogP contribution < -0.4 is 5.32 Å². The quantitative estimate of drug-likeness (QED) is 0.859. The summed E-state index contributed by atoms with van der Waals surface area (Å²) in [5, 5.41) is 3.22. The van der Waals surface area contributed by atoms with Crippen LogP contribution in [0.5, 0.6) is 0 Å². The van der Waals surface area contributed by atoms with Crippen LogP contribution in [0.3, 0.4) is 0 Å². The van der Waals surface area contributed by atoms with Gasteiger partial charge in [-0.2, -0.15) is 4.31 Å². The van der Waals surface area contributed by atoms with Gasteiger partial charge in [0.2, 0.25) is 10.0 Å². The van der Waals surface area contributed by atoms with E-state index in [1.165, 1.54) is 39.9 Å². The topological polar surface area (TPSA) is 88.6 Å². The average Bonchev–Trinajstić information content (AvgIpc) is 2.99. The number of sulfonamides is 1. The highest BCUT2D eigenvalue weighted by Crippen LogP contribution is 2.22. The summed E-state index contributed by atoms with van der Waals surface area (Å²) in [7, 11) is -3.61. The van der Waals surface area contributed by atoms with Crippen LogP contribution in [0.15, 0.2) is 35.4 Å². The number of benzene rings is 1. The molecule has 2 atom stereocenters. The predicted molar refractivity (Wildman–Crippen MR) is 100 cm³/mol. The molecule has 1 aliphatic rings. The lowest BCUT2D eigenvalue weighted by Crippen LogP contribution is -2.48. The second-order valence-electron chi connectivity index (χ2n) is 6.33. The van der Waals surface area contributed by atoms with E-state index in [0.717, 1.165) is 4.88 Å². The first-order chi connectivity index (χ1) is 12.3. The van der Waals surface area contributed by atoms with Gasteiger partial charge in [-0.3, -0.25) is 10.1 Å². The summed E-state index contributed by atoms with van der Waals surface area (Å²) in [4.78, 5) is 17.5. The van der Waals surface area contributed by atoms with Gasteiger partial charge in [0.1, 0.15) is 0 Å². The fraction of sp³-hybridized carbons (Fsp3) is 0.412. The smallest absolute Gasteiger partial charge is 0.257 e. The van der Waals surface area contributed by atoms with E-state index in [1.54, 1.807) is 6.20 Å². The maximum atomic E-state index is 12.8. The Morgan fingerprint density at radius 1 is 1.23 bits per heavy atom. The molecule has 1 amide bonds. The fourth-order valence-electron chi connectivity index (χ4n) is 2.84. The van der Waals surface area contributed by atoms with E-state index in [2.05, 4.69) is 10.3 Å². The summed E-state index contributed by atoms with van der Waals surface area (Å²) in [6, 6.07) is 5.94. The lowest BCUT2D eigenvalue weighted by atomic mass is 10.2. The molecule has 3 rings (SSSR count). The second kappa shape index (κ2) is 7.43. The highest BCUT2D eigenvalue weighted by molar-refractivity contribution is 7.89. The van der Waals surface area contributed by atoms with E-state index >= 15 is 0 Å². The molecule has 1 saturated heterocycles. The standard InChI is InChI=1S/C17H21N3O4S2/c1-11-9-20(10-12(2)24-11)26(22,23)15-6-4-14(5-7-15)16(21)19-17-18-8-13(3)25-17/h4-8,11-12H,9-10H2,1-3H3,(H,18,19,21)/t11-,12-/m1/s1. The highest BCUT2D eigenvalue weighted by Gasteiger charge is 2.32. The van der Waals surface area contributed by atoms with Gasteiger partial charge in [0.25, 0.3) is 5.91 Å². The Hall–Kier alpha value is -1.81. The molecule has 0 aliphatic carbocycles. The summed E-state index contributed by atoms with van der Waals surface area (Å²) in [5.74, 6) is -0.322. The van der Waals surface area contributed by atoms with E-state index in [0.29, 0.717) is 23.8 Å². The average molecular weight is 396 g/mol. The van der Waals surface area contributed by atoms with Gasteiger partial charge in [-0.1, -0.05) is 0 Å². The molecular weight excluding hydrogens is 374 g/mol. The van der Waals surface area contributed by atoms with E-state index < -0.39 is 10.0 Å². The number of carbonyl (C=O) groups excluding carboxylic acids is 1. The van der Waals surface area contributed by atoms with Crippen LogP contribution in [0.4, 0.5) is 5.13 Å². The van der Waals surface area contributed by atoms with Gasteiger partial charge < -0.3 is 4.74 Å². The van der Waals surface area contributed by atoms with Crippen LogP contribution in [0.2, 0.25) is 0 Å². The van der Waals surface area contributed by atoms with Gasteiger partial charge in [-0.25, -0.2) is 13.4 Å². The lowest BCUT2D eigenvalue weighted by Gasteiger charge is -2.34. The minimum Gasteiger partial charge on any atom is -0.373 e. The molecule has 2 aromatic rings. The maximum Gasteiger partial charge on any atom is 0.257 e. The molecule has 0 spiro atoms. The number of rotatable bonds is 4. The summed E-state index contributed by atoms with van der Waals surface area (Å²) in [6.45, 7) is 6.24. The monoisotopic (exact) mass is 395 g/mol. The zero-order valence-corrected chi connectivity index (χ0v) is 16.4. The number of aryl methyl sites for hydroxylation is 1. The van der Waals surface area contributed by atoms with Crippen molar-refractivity contribution in [3.63, 3.8) is 0 Å². The Labute approximate surface area is 157 Å². The van der Waals surface area contributed by atoms with Crippen molar-refractivity contribution < 1.29 is 17.9 Å². The van der Waals surface area contributed by atoms with Crippen LogP contribution in [-0.2, 0) is 14.8 Å². The van der Waals surface area contributed by atoms with Crippen LogP contribution in [0.1, 0.15) is 29.1 Å². The Balaban J connectivity index is 1.75. The zero-order valence-electron chi connectivity index (χ0n) is 14.8. The minimum absolute atomic E-state index is 0.152. The number of ether oxygens (including phenoxy) is 1. The van der Waals surface area contributed by atoms with Crippen molar-refractivity contribution >= 4 is 32.4 Å². The molecule has 9 heteroatoms. The predicted octanol–water partition coefficient (Wildman–Crippen LogP) is 2.50. The number of carbonyl (C=O) groups is 1.